The normalized spacial score (nSPS) is 16.0. The van der Waals surface area contributed by atoms with Crippen molar-refractivity contribution < 1.29 is 9.13 Å². The van der Waals surface area contributed by atoms with E-state index in [1.807, 2.05) is 22.7 Å². The highest BCUT2D eigenvalue weighted by Gasteiger charge is 2.11. The zero-order chi connectivity index (χ0) is 16.4. The Hall–Kier alpha value is -2.14. The fourth-order valence-electron chi connectivity index (χ4n) is 3.47. The van der Waals surface area contributed by atoms with Gasteiger partial charge in [-0.05, 0) is 56.6 Å². The number of piperidine rings is 1. The number of aromatic nitrogens is 2. The molecular formula is C19H22FN3O. The van der Waals surface area contributed by atoms with Crippen LogP contribution in [-0.4, -0.2) is 40.5 Å². The molecule has 1 aromatic carbocycles. The molecule has 1 aliphatic rings. The van der Waals surface area contributed by atoms with Crippen molar-refractivity contribution in [3.05, 3.63) is 42.3 Å². The molecule has 0 bridgehead atoms. The van der Waals surface area contributed by atoms with Crippen molar-refractivity contribution >= 4 is 16.6 Å². The highest BCUT2D eigenvalue weighted by atomic mass is 19.1. The van der Waals surface area contributed by atoms with Crippen LogP contribution in [0, 0.1) is 5.82 Å². The van der Waals surface area contributed by atoms with Crippen LogP contribution in [0.1, 0.15) is 25.7 Å². The highest BCUT2D eigenvalue weighted by molar-refractivity contribution is 5.81. The zero-order valence-electron chi connectivity index (χ0n) is 13.7. The molecule has 0 radical (unpaired) electrons. The van der Waals surface area contributed by atoms with Gasteiger partial charge in [-0.3, -0.25) is 0 Å². The Morgan fingerprint density at radius 2 is 1.96 bits per heavy atom. The molecule has 3 aromatic rings. The molecular weight excluding hydrogens is 305 g/mol. The van der Waals surface area contributed by atoms with Crippen molar-refractivity contribution in [2.75, 3.05) is 26.2 Å². The van der Waals surface area contributed by atoms with Crippen LogP contribution < -0.4 is 4.74 Å². The summed E-state index contributed by atoms with van der Waals surface area (Å²) in [6.07, 6.45) is 6.91. The maximum atomic E-state index is 13.5. The van der Waals surface area contributed by atoms with Crippen molar-refractivity contribution in [3.8, 4) is 5.88 Å². The molecule has 0 spiro atoms. The fourth-order valence-corrected chi connectivity index (χ4v) is 3.47. The van der Waals surface area contributed by atoms with Crippen molar-refractivity contribution in [1.29, 1.82) is 0 Å². The molecule has 1 saturated heterocycles. The van der Waals surface area contributed by atoms with Gasteiger partial charge >= 0.3 is 0 Å². The Labute approximate surface area is 140 Å². The Kier molecular flexibility index (Phi) is 4.34. The molecule has 0 atom stereocenters. The lowest BCUT2D eigenvalue weighted by atomic mass is 10.1. The minimum Gasteiger partial charge on any atom is -0.476 e. The van der Waals surface area contributed by atoms with Crippen molar-refractivity contribution in [2.45, 2.75) is 25.7 Å². The van der Waals surface area contributed by atoms with Crippen LogP contribution in [0.25, 0.3) is 16.6 Å². The van der Waals surface area contributed by atoms with Gasteiger partial charge in [0, 0.05) is 18.8 Å². The van der Waals surface area contributed by atoms with Gasteiger partial charge in [0.05, 0.1) is 17.6 Å². The fraction of sp³-hybridized carbons (Fsp3) is 0.421. The number of hydrogen-bond acceptors (Lipinski definition) is 3. The summed E-state index contributed by atoms with van der Waals surface area (Å²) in [5, 5.41) is 0. The number of ether oxygens (including phenoxy) is 1. The van der Waals surface area contributed by atoms with Gasteiger partial charge < -0.3 is 14.0 Å². The lowest BCUT2D eigenvalue weighted by Crippen LogP contribution is -2.31. The van der Waals surface area contributed by atoms with Gasteiger partial charge in [-0.25, -0.2) is 9.37 Å². The quantitative estimate of drug-likeness (QED) is 0.666. The summed E-state index contributed by atoms with van der Waals surface area (Å²) in [5.74, 6) is 0.300. The van der Waals surface area contributed by atoms with E-state index in [-0.39, 0.29) is 5.82 Å². The van der Waals surface area contributed by atoms with E-state index >= 15 is 0 Å². The number of fused-ring (bicyclic) bond motifs is 3. The molecule has 0 unspecified atom stereocenters. The van der Waals surface area contributed by atoms with Gasteiger partial charge in [0.2, 0.25) is 5.88 Å². The summed E-state index contributed by atoms with van der Waals surface area (Å²) >= 11 is 0. The second-order valence-corrected chi connectivity index (χ2v) is 6.42. The Morgan fingerprint density at radius 1 is 1.08 bits per heavy atom. The largest absolute Gasteiger partial charge is 0.476 e. The lowest BCUT2D eigenvalue weighted by molar-refractivity contribution is 0.203. The number of rotatable bonds is 5. The summed E-state index contributed by atoms with van der Waals surface area (Å²) in [4.78, 5) is 7.03. The molecule has 1 aliphatic heterocycles. The van der Waals surface area contributed by atoms with Crippen LogP contribution in [0.15, 0.2) is 36.5 Å². The second-order valence-electron chi connectivity index (χ2n) is 6.42. The third kappa shape index (κ3) is 3.08. The Morgan fingerprint density at radius 3 is 2.83 bits per heavy atom. The van der Waals surface area contributed by atoms with E-state index in [1.54, 1.807) is 6.07 Å². The number of hydrogen-bond donors (Lipinski definition) is 0. The minimum absolute atomic E-state index is 0.280. The summed E-state index contributed by atoms with van der Waals surface area (Å²) in [7, 11) is 0. The molecule has 0 amide bonds. The highest BCUT2D eigenvalue weighted by Crippen LogP contribution is 2.24. The molecule has 0 N–H and O–H groups in total. The predicted molar refractivity (Wildman–Crippen MR) is 93.1 cm³/mol. The predicted octanol–water partition coefficient (Wildman–Crippen LogP) is 3.88. The van der Waals surface area contributed by atoms with Crippen molar-refractivity contribution in [1.82, 2.24) is 14.3 Å². The number of halogens is 1. The van der Waals surface area contributed by atoms with Crippen molar-refractivity contribution in [3.63, 3.8) is 0 Å². The van der Waals surface area contributed by atoms with Crippen LogP contribution in [0.2, 0.25) is 0 Å². The summed E-state index contributed by atoms with van der Waals surface area (Å²) in [6, 6.07) is 8.61. The molecule has 2 aromatic heterocycles. The summed E-state index contributed by atoms with van der Waals surface area (Å²) < 4.78 is 21.4. The van der Waals surface area contributed by atoms with E-state index in [0.717, 1.165) is 24.0 Å². The monoisotopic (exact) mass is 327 g/mol. The van der Waals surface area contributed by atoms with Gasteiger partial charge in [-0.15, -0.1) is 0 Å². The topological polar surface area (TPSA) is 29.8 Å². The van der Waals surface area contributed by atoms with Crippen molar-refractivity contribution in [2.24, 2.45) is 0 Å². The van der Waals surface area contributed by atoms with Gasteiger partial charge in [-0.1, -0.05) is 6.42 Å². The number of likely N-dealkylation sites (tertiary alicyclic amines) is 1. The van der Waals surface area contributed by atoms with Crippen LogP contribution in [0.3, 0.4) is 0 Å². The third-order valence-corrected chi connectivity index (χ3v) is 4.69. The summed E-state index contributed by atoms with van der Waals surface area (Å²) in [6.45, 7) is 4.11. The SMILES string of the molecule is Fc1ccc2c(c1)nc(OCCCN1CCCCC1)c1cccn12. The molecule has 0 aliphatic carbocycles. The molecule has 0 saturated carbocycles. The Balaban J connectivity index is 1.49. The van der Waals surface area contributed by atoms with E-state index in [1.165, 1.54) is 44.5 Å². The molecule has 24 heavy (non-hydrogen) atoms. The molecule has 4 nitrogen and oxygen atoms in total. The van der Waals surface area contributed by atoms with Gasteiger partial charge in [-0.2, -0.15) is 0 Å². The molecule has 3 heterocycles. The maximum Gasteiger partial charge on any atom is 0.238 e. The first-order chi connectivity index (χ1) is 11.8. The van der Waals surface area contributed by atoms with E-state index in [4.69, 9.17) is 4.74 Å². The van der Waals surface area contributed by atoms with E-state index in [9.17, 15) is 4.39 Å². The standard InChI is InChI=1S/C19H22FN3O/c20-15-7-8-17-16(14-15)21-19(18-6-4-12-23(17)18)24-13-5-11-22-9-2-1-3-10-22/h4,6-8,12,14H,1-3,5,9-11,13H2. The van der Waals surface area contributed by atoms with Crippen LogP contribution in [0.4, 0.5) is 4.39 Å². The second kappa shape index (κ2) is 6.77. The van der Waals surface area contributed by atoms with Crippen LogP contribution >= 0.6 is 0 Å². The van der Waals surface area contributed by atoms with Crippen LogP contribution in [0.5, 0.6) is 5.88 Å². The Bertz CT molecular complexity index is 839. The molecule has 4 rings (SSSR count). The van der Waals surface area contributed by atoms with E-state index < -0.39 is 0 Å². The van der Waals surface area contributed by atoms with Gasteiger partial charge in [0.15, 0.2) is 0 Å². The van der Waals surface area contributed by atoms with E-state index in [0.29, 0.717) is 18.0 Å². The minimum atomic E-state index is -0.280. The molecule has 126 valence electrons. The first-order valence-electron chi connectivity index (χ1n) is 8.73. The lowest BCUT2D eigenvalue weighted by Gasteiger charge is -2.26. The average molecular weight is 327 g/mol. The molecule has 1 fully saturated rings. The summed E-state index contributed by atoms with van der Waals surface area (Å²) in [5.41, 5.74) is 2.42. The smallest absolute Gasteiger partial charge is 0.238 e. The van der Waals surface area contributed by atoms with Crippen LogP contribution in [-0.2, 0) is 0 Å². The first-order valence-corrected chi connectivity index (χ1v) is 8.73. The number of nitrogens with zero attached hydrogens (tertiary/aromatic N) is 3. The van der Waals surface area contributed by atoms with E-state index in [2.05, 4.69) is 9.88 Å². The first kappa shape index (κ1) is 15.4. The van der Waals surface area contributed by atoms with Gasteiger partial charge in [0.25, 0.3) is 0 Å². The third-order valence-electron chi connectivity index (χ3n) is 4.69. The number of benzene rings is 1. The zero-order valence-corrected chi connectivity index (χ0v) is 13.7. The molecule has 5 heteroatoms. The maximum absolute atomic E-state index is 13.5. The van der Waals surface area contributed by atoms with Gasteiger partial charge in [0.1, 0.15) is 11.3 Å². The average Bonchev–Trinajstić information content (AvgIpc) is 3.09.